The molecule has 0 aromatic heterocycles. The van der Waals surface area contributed by atoms with Gasteiger partial charge in [0.15, 0.2) is 0 Å². The van der Waals surface area contributed by atoms with E-state index in [2.05, 4.69) is 4.52 Å². The summed E-state index contributed by atoms with van der Waals surface area (Å²) in [5.41, 5.74) is -2.30. The molecule has 0 aromatic rings. The van der Waals surface area contributed by atoms with Gasteiger partial charge in [-0.25, -0.2) is 4.57 Å². The molecular weight excluding hydrogens is 219 g/mol. The summed E-state index contributed by atoms with van der Waals surface area (Å²) in [5.74, 6) is 0. The predicted octanol–water partition coefficient (Wildman–Crippen LogP) is -2.83. The fraction of sp³-hybridized carbons (Fsp3) is 1.00. The molecule has 0 spiro atoms. The van der Waals surface area contributed by atoms with Crippen LogP contribution in [-0.2, 0) is 9.09 Å². The van der Waals surface area contributed by atoms with E-state index in [4.69, 9.17) is 25.1 Å². The molecule has 0 bridgehead atoms. The summed E-state index contributed by atoms with van der Waals surface area (Å²) in [7, 11) is -4.79. The maximum absolute atomic E-state index is 10.2. The second-order valence-electron chi connectivity index (χ2n) is 2.72. The summed E-state index contributed by atoms with van der Waals surface area (Å²) in [6.45, 7) is -2.87. The molecular formula is C5H13O8P. The first kappa shape index (κ1) is 13.9. The van der Waals surface area contributed by atoms with E-state index >= 15 is 0 Å². The van der Waals surface area contributed by atoms with Crippen LogP contribution in [0.1, 0.15) is 0 Å². The summed E-state index contributed by atoms with van der Waals surface area (Å²) >= 11 is 0. The molecule has 0 saturated carbocycles. The van der Waals surface area contributed by atoms with E-state index in [-0.39, 0.29) is 0 Å². The van der Waals surface area contributed by atoms with Gasteiger partial charge >= 0.3 is 7.82 Å². The van der Waals surface area contributed by atoms with Crippen molar-refractivity contribution in [1.82, 2.24) is 0 Å². The number of aliphatic hydroxyl groups excluding tert-OH is 3. The van der Waals surface area contributed by atoms with Crippen LogP contribution in [0.15, 0.2) is 0 Å². The standard InChI is InChI=1S/C5H13O8P/c6-1-4(8)5(9,2-7)3-13-14(10,11)12/h4,6-9H,1-3H2,(H2,10,11,12)/t4-,5-/m1/s1. The Morgan fingerprint density at radius 2 is 1.86 bits per heavy atom. The molecule has 0 aliphatic carbocycles. The second kappa shape index (κ2) is 5.15. The molecule has 0 aliphatic rings. The number of hydrogen-bond donors (Lipinski definition) is 6. The number of rotatable bonds is 6. The Hall–Kier alpha value is -0.0500. The predicted molar refractivity (Wildman–Crippen MR) is 43.1 cm³/mol. The maximum Gasteiger partial charge on any atom is 0.469 e. The molecule has 8 nitrogen and oxygen atoms in total. The molecule has 0 unspecified atom stereocenters. The monoisotopic (exact) mass is 232 g/mol. The van der Waals surface area contributed by atoms with Crippen molar-refractivity contribution in [2.24, 2.45) is 0 Å². The molecule has 2 atom stereocenters. The quantitative estimate of drug-likeness (QED) is 0.268. The lowest BCUT2D eigenvalue weighted by Crippen LogP contribution is -2.51. The summed E-state index contributed by atoms with van der Waals surface area (Å²) in [5, 5.41) is 35.4. The van der Waals surface area contributed by atoms with Gasteiger partial charge < -0.3 is 30.2 Å². The first-order chi connectivity index (χ1) is 6.25. The van der Waals surface area contributed by atoms with Crippen molar-refractivity contribution < 1.29 is 39.3 Å². The van der Waals surface area contributed by atoms with Gasteiger partial charge in [-0.2, -0.15) is 0 Å². The highest BCUT2D eigenvalue weighted by Crippen LogP contribution is 2.37. The van der Waals surface area contributed by atoms with Crippen LogP contribution in [0.5, 0.6) is 0 Å². The van der Waals surface area contributed by atoms with Crippen LogP contribution in [0.3, 0.4) is 0 Å². The largest absolute Gasteiger partial charge is 0.469 e. The highest BCUT2D eigenvalue weighted by atomic mass is 31.2. The molecule has 0 aromatic carbocycles. The van der Waals surface area contributed by atoms with Gasteiger partial charge in [0.2, 0.25) is 0 Å². The van der Waals surface area contributed by atoms with Crippen molar-refractivity contribution in [2.45, 2.75) is 11.7 Å². The number of hydrogen-bond acceptors (Lipinski definition) is 6. The van der Waals surface area contributed by atoms with E-state index in [1.54, 1.807) is 0 Å². The average Bonchev–Trinajstić information content (AvgIpc) is 2.11. The number of phosphoric ester groups is 1. The summed E-state index contributed by atoms with van der Waals surface area (Å²) in [4.78, 5) is 16.6. The molecule has 0 rings (SSSR count). The molecule has 9 heteroatoms. The minimum atomic E-state index is -4.79. The van der Waals surface area contributed by atoms with Crippen molar-refractivity contribution in [3.63, 3.8) is 0 Å². The molecule has 0 radical (unpaired) electrons. The van der Waals surface area contributed by atoms with Crippen molar-refractivity contribution >= 4 is 7.82 Å². The third-order valence-electron chi connectivity index (χ3n) is 1.55. The lowest BCUT2D eigenvalue weighted by atomic mass is 10.00. The zero-order valence-electron chi connectivity index (χ0n) is 7.15. The van der Waals surface area contributed by atoms with Crippen LogP contribution in [0.2, 0.25) is 0 Å². The van der Waals surface area contributed by atoms with Crippen molar-refractivity contribution in [3.05, 3.63) is 0 Å². The SMILES string of the molecule is O=P(O)(O)OC[C@](O)(CO)[C@H](O)CO. The fourth-order valence-corrected chi connectivity index (χ4v) is 1.00. The lowest BCUT2D eigenvalue weighted by Gasteiger charge is -2.29. The van der Waals surface area contributed by atoms with E-state index < -0.39 is 39.3 Å². The lowest BCUT2D eigenvalue weighted by molar-refractivity contribution is -0.141. The molecule has 86 valence electrons. The fourth-order valence-electron chi connectivity index (χ4n) is 0.613. The Morgan fingerprint density at radius 1 is 1.36 bits per heavy atom. The van der Waals surface area contributed by atoms with Crippen LogP contribution in [-0.4, -0.2) is 61.7 Å². The van der Waals surface area contributed by atoms with E-state index in [0.717, 1.165) is 0 Å². The average molecular weight is 232 g/mol. The topological polar surface area (TPSA) is 148 Å². The molecule has 14 heavy (non-hydrogen) atoms. The van der Waals surface area contributed by atoms with Crippen molar-refractivity contribution in [3.8, 4) is 0 Å². The van der Waals surface area contributed by atoms with Gasteiger partial charge in [0.05, 0.1) is 19.8 Å². The van der Waals surface area contributed by atoms with Crippen LogP contribution < -0.4 is 0 Å². The minimum absolute atomic E-state index is 0.873. The molecule has 0 fully saturated rings. The zero-order chi connectivity index (χ0) is 11.4. The van der Waals surface area contributed by atoms with E-state index in [0.29, 0.717) is 0 Å². The third-order valence-corrected chi connectivity index (χ3v) is 2.02. The summed E-state index contributed by atoms with van der Waals surface area (Å²) < 4.78 is 14.1. The van der Waals surface area contributed by atoms with Gasteiger partial charge in [0.25, 0.3) is 0 Å². The Balaban J connectivity index is 4.34. The van der Waals surface area contributed by atoms with Gasteiger partial charge in [-0.05, 0) is 0 Å². The normalized spacial score (nSPS) is 19.0. The number of aliphatic hydroxyl groups is 4. The highest BCUT2D eigenvalue weighted by molar-refractivity contribution is 7.46. The molecule has 0 saturated heterocycles. The van der Waals surface area contributed by atoms with Gasteiger partial charge in [0, 0.05) is 0 Å². The Labute approximate surface area is 79.6 Å². The van der Waals surface area contributed by atoms with Crippen molar-refractivity contribution in [1.29, 1.82) is 0 Å². The highest BCUT2D eigenvalue weighted by Gasteiger charge is 2.37. The zero-order valence-corrected chi connectivity index (χ0v) is 8.04. The van der Waals surface area contributed by atoms with Gasteiger partial charge in [0.1, 0.15) is 11.7 Å². The van der Waals surface area contributed by atoms with E-state index in [1.807, 2.05) is 0 Å². The van der Waals surface area contributed by atoms with Crippen LogP contribution >= 0.6 is 7.82 Å². The van der Waals surface area contributed by atoms with Crippen LogP contribution in [0.4, 0.5) is 0 Å². The summed E-state index contributed by atoms with van der Waals surface area (Å²) in [6, 6.07) is 0. The Morgan fingerprint density at radius 3 is 2.14 bits per heavy atom. The Kier molecular flexibility index (Phi) is 5.13. The van der Waals surface area contributed by atoms with Crippen LogP contribution in [0.25, 0.3) is 0 Å². The second-order valence-corrected chi connectivity index (χ2v) is 3.96. The molecule has 0 amide bonds. The van der Waals surface area contributed by atoms with E-state index in [9.17, 15) is 9.67 Å². The maximum atomic E-state index is 10.2. The smallest absolute Gasteiger partial charge is 0.394 e. The minimum Gasteiger partial charge on any atom is -0.394 e. The first-order valence-corrected chi connectivity index (χ1v) is 5.10. The Bertz CT molecular complexity index is 214. The molecule has 0 aliphatic heterocycles. The third kappa shape index (κ3) is 4.45. The van der Waals surface area contributed by atoms with Crippen LogP contribution in [0, 0.1) is 0 Å². The molecule has 6 N–H and O–H groups in total. The van der Waals surface area contributed by atoms with Gasteiger partial charge in [-0.3, -0.25) is 4.52 Å². The first-order valence-electron chi connectivity index (χ1n) is 3.57. The van der Waals surface area contributed by atoms with E-state index in [1.165, 1.54) is 0 Å². The van der Waals surface area contributed by atoms with Gasteiger partial charge in [-0.15, -0.1) is 0 Å². The molecule has 0 heterocycles. The van der Waals surface area contributed by atoms with Crippen molar-refractivity contribution in [2.75, 3.05) is 19.8 Å². The number of phosphoric acid groups is 1. The van der Waals surface area contributed by atoms with Gasteiger partial charge in [-0.1, -0.05) is 0 Å². The summed E-state index contributed by atoms with van der Waals surface area (Å²) in [6.07, 6.45) is -1.75.